The third kappa shape index (κ3) is 1.78. The Hall–Kier alpha value is 0.0800. The molecule has 0 atom stereocenters. The molecule has 1 aromatic heterocycles. The number of nitrogens with zero attached hydrogens (tertiary/aromatic N) is 2. The highest BCUT2D eigenvalue weighted by molar-refractivity contribution is 6.29. The summed E-state index contributed by atoms with van der Waals surface area (Å²) in [5, 5.41) is 0.616. The van der Waals surface area contributed by atoms with Gasteiger partial charge in [0.2, 0.25) is 0 Å². The van der Waals surface area contributed by atoms with E-state index in [0.29, 0.717) is 11.0 Å². The molecule has 0 aliphatic carbocycles. The van der Waals surface area contributed by atoms with Gasteiger partial charge in [-0.25, -0.2) is 4.98 Å². The minimum atomic E-state index is 0. The van der Waals surface area contributed by atoms with Crippen molar-refractivity contribution in [1.29, 1.82) is 0 Å². The van der Waals surface area contributed by atoms with Crippen LogP contribution in [0.15, 0.2) is 6.20 Å². The van der Waals surface area contributed by atoms with Crippen molar-refractivity contribution in [3.63, 3.8) is 0 Å². The fourth-order valence-corrected chi connectivity index (χ4v) is 0.943. The highest BCUT2D eigenvalue weighted by Gasteiger charge is 2.00. The maximum atomic E-state index is 5.65. The van der Waals surface area contributed by atoms with Crippen LogP contribution in [0.4, 0.5) is 0 Å². The van der Waals surface area contributed by atoms with Crippen molar-refractivity contribution < 1.29 is 0 Å². The summed E-state index contributed by atoms with van der Waals surface area (Å²) in [4.78, 5) is 3.93. The summed E-state index contributed by atoms with van der Waals surface area (Å²) < 4.78 is 1.74. The van der Waals surface area contributed by atoms with E-state index in [2.05, 4.69) is 4.98 Å². The summed E-state index contributed by atoms with van der Waals surface area (Å²) in [6.45, 7) is 0. The van der Waals surface area contributed by atoms with Gasteiger partial charge in [-0.2, -0.15) is 0 Å². The summed E-state index contributed by atoms with van der Waals surface area (Å²) in [6.07, 6.45) is 1.58. The Labute approximate surface area is 75.6 Å². The van der Waals surface area contributed by atoms with Gasteiger partial charge < -0.3 is 4.57 Å². The van der Waals surface area contributed by atoms with Gasteiger partial charge in [-0.3, -0.25) is 0 Å². The second-order valence-corrected chi connectivity index (χ2v) is 2.34. The monoisotopic (exact) mass is 200 g/mol. The van der Waals surface area contributed by atoms with Gasteiger partial charge in [0.25, 0.3) is 0 Å². The molecule has 0 aliphatic heterocycles. The van der Waals surface area contributed by atoms with Crippen molar-refractivity contribution in [1.82, 2.24) is 9.55 Å². The number of rotatable bonds is 1. The maximum absolute atomic E-state index is 5.65. The van der Waals surface area contributed by atoms with Gasteiger partial charge >= 0.3 is 0 Å². The smallest absolute Gasteiger partial charge is 0.128 e. The fraction of sp³-hybridized carbons (Fsp3) is 0.400. The zero-order valence-electron chi connectivity index (χ0n) is 5.34. The topological polar surface area (TPSA) is 17.8 Å². The molecular formula is C5H7Cl3N2. The normalized spacial score (nSPS) is 9.10. The predicted molar refractivity (Wildman–Crippen MR) is 45.0 cm³/mol. The molecule has 58 valence electrons. The van der Waals surface area contributed by atoms with Crippen molar-refractivity contribution >= 4 is 35.6 Å². The van der Waals surface area contributed by atoms with E-state index in [9.17, 15) is 0 Å². The number of alkyl halides is 1. The van der Waals surface area contributed by atoms with Crippen LogP contribution in [0.25, 0.3) is 0 Å². The lowest BCUT2D eigenvalue weighted by atomic mass is 10.7. The lowest BCUT2D eigenvalue weighted by Crippen LogP contribution is -1.93. The molecule has 0 spiro atoms. The van der Waals surface area contributed by atoms with Crippen LogP contribution in [0.1, 0.15) is 5.82 Å². The molecule has 0 aromatic carbocycles. The van der Waals surface area contributed by atoms with E-state index in [4.69, 9.17) is 23.2 Å². The van der Waals surface area contributed by atoms with Crippen LogP contribution in [-0.4, -0.2) is 9.55 Å². The molecular weight excluding hydrogens is 194 g/mol. The van der Waals surface area contributed by atoms with Crippen molar-refractivity contribution in [3.05, 3.63) is 17.2 Å². The molecule has 0 radical (unpaired) electrons. The molecule has 0 saturated carbocycles. The first-order valence-electron chi connectivity index (χ1n) is 2.47. The van der Waals surface area contributed by atoms with Crippen molar-refractivity contribution in [2.75, 3.05) is 0 Å². The summed E-state index contributed by atoms with van der Waals surface area (Å²) >= 11 is 11.2. The van der Waals surface area contributed by atoms with E-state index < -0.39 is 0 Å². The van der Waals surface area contributed by atoms with E-state index in [1.807, 2.05) is 7.05 Å². The molecule has 0 aliphatic rings. The molecule has 0 saturated heterocycles. The van der Waals surface area contributed by atoms with Crippen LogP contribution in [0.3, 0.4) is 0 Å². The minimum Gasteiger partial charge on any atom is -0.321 e. The molecule has 0 bridgehead atoms. The Morgan fingerprint density at radius 3 is 2.50 bits per heavy atom. The molecule has 0 unspecified atom stereocenters. The lowest BCUT2D eigenvalue weighted by molar-refractivity contribution is 0.848. The first-order chi connectivity index (χ1) is 4.25. The highest BCUT2D eigenvalue weighted by Crippen LogP contribution is 2.09. The molecule has 5 heteroatoms. The molecule has 2 nitrogen and oxygen atoms in total. The molecule has 0 amide bonds. The number of imidazole rings is 1. The Bertz CT molecular complexity index is 209. The summed E-state index contributed by atoms with van der Waals surface area (Å²) in [5.41, 5.74) is 0. The van der Waals surface area contributed by atoms with Crippen molar-refractivity contribution in [2.24, 2.45) is 7.05 Å². The number of hydrogen-bond donors (Lipinski definition) is 0. The van der Waals surface area contributed by atoms with Gasteiger partial charge in [0.05, 0.1) is 12.1 Å². The SMILES string of the molecule is Cl.Cn1c(Cl)cnc1CCl. The van der Waals surface area contributed by atoms with Crippen LogP contribution >= 0.6 is 35.6 Å². The first kappa shape index (κ1) is 10.1. The van der Waals surface area contributed by atoms with Crippen LogP contribution in [-0.2, 0) is 12.9 Å². The molecule has 1 rings (SSSR count). The summed E-state index contributed by atoms with van der Waals surface area (Å²) in [7, 11) is 1.83. The molecule has 0 fully saturated rings. The molecule has 10 heavy (non-hydrogen) atoms. The van der Waals surface area contributed by atoms with Gasteiger partial charge in [0, 0.05) is 7.05 Å². The number of hydrogen-bond acceptors (Lipinski definition) is 1. The standard InChI is InChI=1S/C5H6Cl2N2.ClH/c1-9-4(7)3-8-5(9)2-6;/h3H,2H2,1H3;1H. The largest absolute Gasteiger partial charge is 0.321 e. The van der Waals surface area contributed by atoms with Gasteiger partial charge in [-0.05, 0) is 0 Å². The van der Waals surface area contributed by atoms with Crippen LogP contribution in [0, 0.1) is 0 Å². The van der Waals surface area contributed by atoms with Crippen LogP contribution in [0.5, 0.6) is 0 Å². The van der Waals surface area contributed by atoms with E-state index >= 15 is 0 Å². The van der Waals surface area contributed by atoms with Gasteiger partial charge in [0.15, 0.2) is 0 Å². The molecule has 0 N–H and O–H groups in total. The lowest BCUT2D eigenvalue weighted by Gasteiger charge is -1.94. The average molecular weight is 201 g/mol. The zero-order valence-corrected chi connectivity index (χ0v) is 7.67. The Balaban J connectivity index is 0.000000810. The van der Waals surface area contributed by atoms with Gasteiger partial charge in [0.1, 0.15) is 11.0 Å². The average Bonchev–Trinajstić information content (AvgIpc) is 2.15. The second-order valence-electron chi connectivity index (χ2n) is 1.69. The summed E-state index contributed by atoms with van der Waals surface area (Å²) in [6, 6.07) is 0. The Morgan fingerprint density at radius 1 is 1.70 bits per heavy atom. The molecule has 1 heterocycles. The summed E-state index contributed by atoms with van der Waals surface area (Å²) in [5.74, 6) is 1.20. The first-order valence-corrected chi connectivity index (χ1v) is 3.39. The van der Waals surface area contributed by atoms with E-state index in [-0.39, 0.29) is 12.4 Å². The molecule has 1 aromatic rings. The van der Waals surface area contributed by atoms with Gasteiger partial charge in [-0.15, -0.1) is 24.0 Å². The van der Waals surface area contributed by atoms with Crippen LogP contribution < -0.4 is 0 Å². The zero-order chi connectivity index (χ0) is 6.85. The van der Waals surface area contributed by atoms with E-state index in [1.54, 1.807) is 10.8 Å². The minimum absolute atomic E-state index is 0. The van der Waals surface area contributed by atoms with Gasteiger partial charge in [-0.1, -0.05) is 11.6 Å². The van der Waals surface area contributed by atoms with Crippen LogP contribution in [0.2, 0.25) is 5.15 Å². The third-order valence-electron chi connectivity index (χ3n) is 1.15. The third-order valence-corrected chi connectivity index (χ3v) is 1.74. The quantitative estimate of drug-likeness (QED) is 0.637. The predicted octanol–water partition coefficient (Wildman–Crippen LogP) is 2.23. The van der Waals surface area contributed by atoms with Crippen molar-refractivity contribution in [3.8, 4) is 0 Å². The van der Waals surface area contributed by atoms with E-state index in [1.165, 1.54) is 0 Å². The maximum Gasteiger partial charge on any atom is 0.128 e. The Morgan fingerprint density at radius 2 is 2.30 bits per heavy atom. The fourth-order valence-electron chi connectivity index (χ4n) is 0.548. The number of halogens is 3. The van der Waals surface area contributed by atoms with E-state index in [0.717, 1.165) is 5.82 Å². The van der Waals surface area contributed by atoms with Crippen molar-refractivity contribution in [2.45, 2.75) is 5.88 Å². The number of aromatic nitrogens is 2. The highest BCUT2D eigenvalue weighted by atomic mass is 35.5. The second kappa shape index (κ2) is 4.06. The Kier molecular flexibility index (Phi) is 4.09.